The molecule has 0 unspecified atom stereocenters. The SMILES string of the molecule is [2H]c1c([2H])c([2H])c(-c2c([2H])c([2H])c([2H])c(-c3c([2H])c([2H])c([2H])c(-n4c5ccc(-n6c7ccccc7c7c([Si](c8ccccc8)(c8ccccc8)c8ccccc8)cccc76)cc5c5c(-c6ccccc6)cccc54)c3[2H])c2[2H])c([2H])c1[2H]. The number of benzene rings is 11. The molecule has 0 fully saturated rings. The Kier molecular flexibility index (Phi) is 7.10. The van der Waals surface area contributed by atoms with Gasteiger partial charge in [0, 0.05) is 32.9 Å². The number of para-hydroxylation sites is 1. The van der Waals surface area contributed by atoms with Crippen LogP contribution in [0.2, 0.25) is 0 Å². The summed E-state index contributed by atoms with van der Waals surface area (Å²) in [5.41, 5.74) is 3.35. The highest BCUT2D eigenvalue weighted by molar-refractivity contribution is 7.20. The fourth-order valence-electron chi connectivity index (χ4n) is 10.5. The monoisotopic (exact) mass is 907 g/mol. The lowest BCUT2D eigenvalue weighted by molar-refractivity contribution is 1.17. The molecule has 2 heterocycles. The topological polar surface area (TPSA) is 9.86 Å². The van der Waals surface area contributed by atoms with Crippen LogP contribution in [0.1, 0.15) is 17.8 Å². The number of aromatic nitrogens is 2. The van der Waals surface area contributed by atoms with E-state index in [9.17, 15) is 8.22 Å². The second-order valence-electron chi connectivity index (χ2n) is 17.0. The van der Waals surface area contributed by atoms with Gasteiger partial charge in [0.1, 0.15) is 0 Å². The third-order valence-electron chi connectivity index (χ3n) is 13.3. The average Bonchev–Trinajstić information content (AvgIpc) is 1.94. The van der Waals surface area contributed by atoms with Crippen molar-refractivity contribution in [1.82, 2.24) is 9.13 Å². The summed E-state index contributed by atoms with van der Waals surface area (Å²) >= 11 is 0. The van der Waals surface area contributed by atoms with Crippen molar-refractivity contribution in [2.24, 2.45) is 0 Å². The van der Waals surface area contributed by atoms with Gasteiger partial charge in [-0.3, -0.25) is 0 Å². The highest BCUT2D eigenvalue weighted by atomic mass is 28.3. The van der Waals surface area contributed by atoms with Gasteiger partial charge >= 0.3 is 0 Å². The maximum atomic E-state index is 10.1. The largest absolute Gasteiger partial charge is 0.309 e. The minimum Gasteiger partial charge on any atom is -0.309 e. The van der Waals surface area contributed by atoms with E-state index in [4.69, 9.17) is 9.60 Å². The van der Waals surface area contributed by atoms with E-state index in [1.54, 1.807) is 4.57 Å². The van der Waals surface area contributed by atoms with Crippen LogP contribution in [0.4, 0.5) is 0 Å². The van der Waals surface area contributed by atoms with E-state index >= 15 is 0 Å². The van der Waals surface area contributed by atoms with Crippen molar-refractivity contribution in [3.63, 3.8) is 0 Å². The third-order valence-corrected chi connectivity index (χ3v) is 18.1. The lowest BCUT2D eigenvalue weighted by atomic mass is 9.99. The summed E-state index contributed by atoms with van der Waals surface area (Å²) in [4.78, 5) is 0. The molecule has 0 bridgehead atoms. The van der Waals surface area contributed by atoms with Crippen LogP contribution in [-0.4, -0.2) is 17.2 Å². The zero-order chi connectivity index (χ0) is 57.0. The Bertz CT molecular complexity index is 4650. The van der Waals surface area contributed by atoms with Crippen molar-refractivity contribution in [3.8, 4) is 44.8 Å². The maximum absolute atomic E-state index is 10.1. The van der Waals surface area contributed by atoms with Crippen LogP contribution >= 0.6 is 0 Å². The summed E-state index contributed by atoms with van der Waals surface area (Å²) < 4.78 is 122. The zero-order valence-corrected chi connectivity index (χ0v) is 37.9. The molecule has 0 aliphatic heterocycles. The predicted octanol–water partition coefficient (Wildman–Crippen LogP) is 14.3. The molecular weight excluding hydrogens is 849 g/mol. The fraction of sp³-hybridized carbons (Fsp3) is 0. The van der Waals surface area contributed by atoms with Crippen molar-refractivity contribution < 1.29 is 17.8 Å². The van der Waals surface area contributed by atoms with Crippen LogP contribution in [0.15, 0.2) is 279 Å². The number of hydrogen-bond donors (Lipinski definition) is 0. The standard InChI is InChI=1S/C66H46N2Si/c1-6-22-47(23-7-1)49-26-18-27-50(44-49)51-28-19-29-52(45-51)67-61-43-42-53(46-59(61)65-57(37-20-39-62(65)67)48-24-8-2-9-25-48)68-60-38-17-16-36-58(60)66-63(68)40-21-41-64(66)69(54-30-10-3-11-31-54,55-32-12-4-13-33-55)56-34-14-5-15-35-56/h1-46H/i1D,6D,7D,18D,19D,22D,23D,26D,27D,28D,29D,44D,45D. The minimum absolute atomic E-state index is 0.149. The van der Waals surface area contributed by atoms with E-state index in [0.717, 1.165) is 49.4 Å². The summed E-state index contributed by atoms with van der Waals surface area (Å²) in [6, 6.07) is 60.1. The van der Waals surface area contributed by atoms with Gasteiger partial charge in [0.05, 0.1) is 39.9 Å². The lowest BCUT2D eigenvalue weighted by Crippen LogP contribution is -2.74. The Morgan fingerprint density at radius 1 is 0.319 bits per heavy atom. The second-order valence-corrected chi connectivity index (χ2v) is 20.7. The summed E-state index contributed by atoms with van der Waals surface area (Å²) in [7, 11) is -3.09. The summed E-state index contributed by atoms with van der Waals surface area (Å²) in [6.45, 7) is 0. The molecule has 0 N–H and O–H groups in total. The number of hydrogen-bond acceptors (Lipinski definition) is 0. The molecule has 2 aromatic heterocycles. The first-order valence-electron chi connectivity index (χ1n) is 29.3. The first kappa shape index (κ1) is 29.1. The molecule has 0 aliphatic rings. The lowest BCUT2D eigenvalue weighted by Gasteiger charge is -2.35. The molecule has 0 saturated carbocycles. The van der Waals surface area contributed by atoms with Crippen molar-refractivity contribution in [1.29, 1.82) is 0 Å². The van der Waals surface area contributed by atoms with Gasteiger partial charge in [-0.2, -0.15) is 0 Å². The van der Waals surface area contributed by atoms with Crippen molar-refractivity contribution >= 4 is 72.4 Å². The van der Waals surface area contributed by atoms with E-state index in [0.29, 0.717) is 11.0 Å². The zero-order valence-electron chi connectivity index (χ0n) is 49.9. The molecule has 0 amide bonds. The molecule has 0 radical (unpaired) electrons. The van der Waals surface area contributed by atoms with Gasteiger partial charge < -0.3 is 9.13 Å². The molecule has 69 heavy (non-hydrogen) atoms. The Labute approximate surface area is 421 Å². The average molecular weight is 908 g/mol. The van der Waals surface area contributed by atoms with Crippen LogP contribution in [0.3, 0.4) is 0 Å². The molecule has 3 heteroatoms. The highest BCUT2D eigenvalue weighted by Gasteiger charge is 2.43. The van der Waals surface area contributed by atoms with Crippen molar-refractivity contribution in [3.05, 3.63) is 279 Å². The molecule has 11 aromatic carbocycles. The number of rotatable bonds is 9. The van der Waals surface area contributed by atoms with Gasteiger partial charge in [0.25, 0.3) is 0 Å². The first-order valence-corrected chi connectivity index (χ1v) is 24.8. The van der Waals surface area contributed by atoms with Crippen molar-refractivity contribution in [2.45, 2.75) is 0 Å². The van der Waals surface area contributed by atoms with Gasteiger partial charge in [-0.15, -0.1) is 0 Å². The van der Waals surface area contributed by atoms with Gasteiger partial charge in [-0.05, 0) is 109 Å². The molecule has 0 spiro atoms. The van der Waals surface area contributed by atoms with Gasteiger partial charge in [-0.25, -0.2) is 0 Å². The normalized spacial score (nSPS) is 14.4. The van der Waals surface area contributed by atoms with Crippen molar-refractivity contribution in [2.75, 3.05) is 0 Å². The molecular formula is C66H46N2Si. The van der Waals surface area contributed by atoms with Gasteiger partial charge in [-0.1, -0.05) is 224 Å². The van der Waals surface area contributed by atoms with Crippen LogP contribution < -0.4 is 20.7 Å². The fourth-order valence-corrected chi connectivity index (χ4v) is 15.5. The summed E-state index contributed by atoms with van der Waals surface area (Å²) in [5.74, 6) is 0. The minimum atomic E-state index is -3.09. The van der Waals surface area contributed by atoms with E-state index < -0.39 is 109 Å². The molecule has 0 aliphatic carbocycles. The van der Waals surface area contributed by atoms with E-state index in [1.807, 2.05) is 66.7 Å². The molecule has 2 nitrogen and oxygen atoms in total. The highest BCUT2D eigenvalue weighted by Crippen LogP contribution is 2.41. The Morgan fingerprint density at radius 3 is 1.51 bits per heavy atom. The van der Waals surface area contributed by atoms with Crippen LogP contribution in [0.5, 0.6) is 0 Å². The predicted molar refractivity (Wildman–Crippen MR) is 295 cm³/mol. The summed E-state index contributed by atoms with van der Waals surface area (Å²) in [6.07, 6.45) is 0. The Morgan fingerprint density at radius 2 is 0.826 bits per heavy atom. The number of fused-ring (bicyclic) bond motifs is 6. The molecule has 13 rings (SSSR count). The van der Waals surface area contributed by atoms with Gasteiger partial charge in [0.15, 0.2) is 8.07 Å². The smallest absolute Gasteiger partial charge is 0.180 e. The van der Waals surface area contributed by atoms with Gasteiger partial charge in [0.2, 0.25) is 0 Å². The van der Waals surface area contributed by atoms with E-state index in [-0.39, 0.29) is 5.69 Å². The summed E-state index contributed by atoms with van der Waals surface area (Å²) in [5, 5.41) is 8.60. The molecule has 13 aromatic rings. The van der Waals surface area contributed by atoms with Crippen LogP contribution in [0.25, 0.3) is 88.4 Å². The van der Waals surface area contributed by atoms with E-state index in [2.05, 4.69) is 138 Å². The Hall–Kier alpha value is -8.76. The second kappa shape index (κ2) is 16.8. The quantitative estimate of drug-likeness (QED) is 0.101. The Balaban J connectivity index is 1.11. The van der Waals surface area contributed by atoms with E-state index in [1.165, 1.54) is 20.7 Å². The molecule has 0 saturated heterocycles. The first-order chi connectivity index (χ1) is 39.7. The van der Waals surface area contributed by atoms with Crippen LogP contribution in [-0.2, 0) is 0 Å². The number of nitrogens with zero attached hydrogens (tertiary/aromatic N) is 2. The molecule has 0 atom stereocenters. The van der Waals surface area contributed by atoms with Crippen LogP contribution in [0, 0.1) is 0 Å². The third kappa shape index (κ3) is 6.62. The molecule has 324 valence electrons. The maximum Gasteiger partial charge on any atom is 0.180 e.